The first-order valence-corrected chi connectivity index (χ1v) is 8.87. The fourth-order valence-corrected chi connectivity index (χ4v) is 3.29. The molecule has 0 radical (unpaired) electrons. The Hall–Kier alpha value is -0.420. The number of likely N-dealkylation sites (N-methyl/N-ethyl adjacent to an activating group) is 1. The molecule has 1 fully saturated rings. The Morgan fingerprint density at radius 1 is 1.19 bits per heavy atom. The maximum atomic E-state index is 3.75. The van der Waals surface area contributed by atoms with Gasteiger partial charge in [0.1, 0.15) is 0 Å². The standard InChI is InChI=1S/C17H28BrN3/c1-3-7-19-13-15-5-6-16(17(18)12-15)14-21-9-4-8-20(2)10-11-21/h5-6,12,19H,3-4,7-11,13-14H2,1-2H3. The number of nitrogens with zero attached hydrogens (tertiary/aromatic N) is 2. The van der Waals surface area contributed by atoms with Gasteiger partial charge in [-0.1, -0.05) is 35.0 Å². The molecular weight excluding hydrogens is 326 g/mol. The van der Waals surface area contributed by atoms with Crippen LogP contribution in [-0.2, 0) is 13.1 Å². The van der Waals surface area contributed by atoms with E-state index in [0.717, 1.165) is 19.6 Å². The summed E-state index contributed by atoms with van der Waals surface area (Å²) in [6, 6.07) is 6.80. The highest BCUT2D eigenvalue weighted by Crippen LogP contribution is 2.21. The summed E-state index contributed by atoms with van der Waals surface area (Å²) in [5.41, 5.74) is 2.76. The van der Waals surface area contributed by atoms with Gasteiger partial charge in [0.15, 0.2) is 0 Å². The molecular formula is C17H28BrN3. The fourth-order valence-electron chi connectivity index (χ4n) is 2.74. The van der Waals surface area contributed by atoms with Crippen molar-refractivity contribution in [2.24, 2.45) is 0 Å². The van der Waals surface area contributed by atoms with Crippen molar-refractivity contribution < 1.29 is 0 Å². The van der Waals surface area contributed by atoms with E-state index in [1.165, 1.54) is 54.6 Å². The molecule has 3 nitrogen and oxygen atoms in total. The minimum absolute atomic E-state index is 0.960. The molecule has 0 saturated carbocycles. The Morgan fingerprint density at radius 2 is 2.05 bits per heavy atom. The summed E-state index contributed by atoms with van der Waals surface area (Å²) in [5.74, 6) is 0. The van der Waals surface area contributed by atoms with Crippen LogP contribution in [0, 0.1) is 0 Å². The van der Waals surface area contributed by atoms with Gasteiger partial charge in [0, 0.05) is 30.7 Å². The lowest BCUT2D eigenvalue weighted by Gasteiger charge is -2.21. The van der Waals surface area contributed by atoms with Gasteiger partial charge in [-0.3, -0.25) is 4.90 Å². The van der Waals surface area contributed by atoms with E-state index in [4.69, 9.17) is 0 Å². The molecule has 0 aliphatic carbocycles. The van der Waals surface area contributed by atoms with Gasteiger partial charge in [-0.25, -0.2) is 0 Å². The first kappa shape index (κ1) is 16.9. The molecule has 1 N–H and O–H groups in total. The molecule has 0 unspecified atom stereocenters. The summed E-state index contributed by atoms with van der Waals surface area (Å²) in [7, 11) is 2.22. The molecule has 0 spiro atoms. The summed E-state index contributed by atoms with van der Waals surface area (Å²) in [4.78, 5) is 5.00. The van der Waals surface area contributed by atoms with Crippen molar-refractivity contribution in [3.63, 3.8) is 0 Å². The lowest BCUT2D eigenvalue weighted by Crippen LogP contribution is -2.28. The third kappa shape index (κ3) is 5.70. The van der Waals surface area contributed by atoms with Crippen molar-refractivity contribution >= 4 is 15.9 Å². The molecule has 1 saturated heterocycles. The molecule has 0 atom stereocenters. The topological polar surface area (TPSA) is 18.5 Å². The number of nitrogens with one attached hydrogen (secondary N) is 1. The lowest BCUT2D eigenvalue weighted by molar-refractivity contribution is 0.269. The molecule has 118 valence electrons. The summed E-state index contributed by atoms with van der Waals surface area (Å²) in [6.45, 7) is 10.1. The van der Waals surface area contributed by atoms with Crippen LogP contribution in [0.15, 0.2) is 22.7 Å². The first-order chi connectivity index (χ1) is 10.2. The van der Waals surface area contributed by atoms with Gasteiger partial charge in [-0.15, -0.1) is 0 Å². The second kappa shape index (κ2) is 8.89. The van der Waals surface area contributed by atoms with Gasteiger partial charge in [0.25, 0.3) is 0 Å². The molecule has 1 aromatic rings. The fraction of sp³-hybridized carbons (Fsp3) is 0.647. The third-order valence-corrected chi connectivity index (χ3v) is 4.82. The predicted octanol–water partition coefficient (Wildman–Crippen LogP) is 3.09. The summed E-state index contributed by atoms with van der Waals surface area (Å²) >= 11 is 3.75. The van der Waals surface area contributed by atoms with E-state index in [2.05, 4.69) is 63.2 Å². The first-order valence-electron chi connectivity index (χ1n) is 8.08. The Bertz CT molecular complexity index is 436. The molecule has 21 heavy (non-hydrogen) atoms. The number of hydrogen-bond donors (Lipinski definition) is 1. The monoisotopic (exact) mass is 353 g/mol. The average molecular weight is 354 g/mol. The van der Waals surface area contributed by atoms with Crippen molar-refractivity contribution in [3.05, 3.63) is 33.8 Å². The van der Waals surface area contributed by atoms with Crippen molar-refractivity contribution in [1.82, 2.24) is 15.1 Å². The Balaban J connectivity index is 1.90. The zero-order valence-corrected chi connectivity index (χ0v) is 15.0. The molecule has 1 aliphatic rings. The van der Waals surface area contributed by atoms with E-state index in [9.17, 15) is 0 Å². The van der Waals surface area contributed by atoms with Crippen LogP contribution in [0.4, 0.5) is 0 Å². The van der Waals surface area contributed by atoms with Gasteiger partial charge in [-0.2, -0.15) is 0 Å². The van der Waals surface area contributed by atoms with Gasteiger partial charge in [-0.05, 0) is 56.7 Å². The molecule has 0 amide bonds. The SMILES string of the molecule is CCCNCc1ccc(CN2CCCN(C)CC2)c(Br)c1. The van der Waals surface area contributed by atoms with Crippen LogP contribution in [0.3, 0.4) is 0 Å². The Morgan fingerprint density at radius 3 is 2.81 bits per heavy atom. The lowest BCUT2D eigenvalue weighted by atomic mass is 10.1. The van der Waals surface area contributed by atoms with E-state index in [-0.39, 0.29) is 0 Å². The average Bonchev–Trinajstić information content (AvgIpc) is 2.67. The van der Waals surface area contributed by atoms with Crippen molar-refractivity contribution in [1.29, 1.82) is 0 Å². The Kier molecular flexibility index (Phi) is 7.17. The zero-order chi connectivity index (χ0) is 15.1. The van der Waals surface area contributed by atoms with Crippen LogP contribution >= 0.6 is 15.9 Å². The zero-order valence-electron chi connectivity index (χ0n) is 13.4. The highest BCUT2D eigenvalue weighted by atomic mass is 79.9. The molecule has 1 aromatic carbocycles. The number of benzene rings is 1. The Labute approximate surface area is 137 Å². The normalized spacial score (nSPS) is 17.9. The van der Waals surface area contributed by atoms with Crippen molar-refractivity contribution in [2.45, 2.75) is 32.9 Å². The maximum Gasteiger partial charge on any atom is 0.0245 e. The number of halogens is 1. The van der Waals surface area contributed by atoms with E-state index >= 15 is 0 Å². The molecule has 4 heteroatoms. The second-order valence-electron chi connectivity index (χ2n) is 6.04. The van der Waals surface area contributed by atoms with Crippen LogP contribution < -0.4 is 5.32 Å². The number of rotatable bonds is 6. The largest absolute Gasteiger partial charge is 0.313 e. The molecule has 0 bridgehead atoms. The molecule has 2 rings (SSSR count). The van der Waals surface area contributed by atoms with E-state index in [0.29, 0.717) is 0 Å². The van der Waals surface area contributed by atoms with E-state index in [1.807, 2.05) is 0 Å². The second-order valence-corrected chi connectivity index (χ2v) is 6.89. The van der Waals surface area contributed by atoms with Crippen molar-refractivity contribution in [2.75, 3.05) is 39.8 Å². The molecule has 1 heterocycles. The highest BCUT2D eigenvalue weighted by Gasteiger charge is 2.13. The van der Waals surface area contributed by atoms with Gasteiger partial charge in [0.05, 0.1) is 0 Å². The van der Waals surface area contributed by atoms with E-state index < -0.39 is 0 Å². The predicted molar refractivity (Wildman–Crippen MR) is 93.5 cm³/mol. The minimum atomic E-state index is 0.960. The number of hydrogen-bond acceptors (Lipinski definition) is 3. The van der Waals surface area contributed by atoms with Crippen LogP contribution in [0.5, 0.6) is 0 Å². The minimum Gasteiger partial charge on any atom is -0.313 e. The van der Waals surface area contributed by atoms with Crippen LogP contribution in [0.2, 0.25) is 0 Å². The smallest absolute Gasteiger partial charge is 0.0245 e. The van der Waals surface area contributed by atoms with Crippen LogP contribution in [0.25, 0.3) is 0 Å². The quantitative estimate of drug-likeness (QED) is 0.792. The van der Waals surface area contributed by atoms with Gasteiger partial charge in [0.2, 0.25) is 0 Å². The van der Waals surface area contributed by atoms with Crippen molar-refractivity contribution in [3.8, 4) is 0 Å². The van der Waals surface area contributed by atoms with Gasteiger partial charge < -0.3 is 10.2 Å². The molecule has 1 aliphatic heterocycles. The van der Waals surface area contributed by atoms with Crippen LogP contribution in [-0.4, -0.2) is 49.6 Å². The summed E-state index contributed by atoms with van der Waals surface area (Å²) in [6.07, 6.45) is 2.45. The maximum absolute atomic E-state index is 3.75. The highest BCUT2D eigenvalue weighted by molar-refractivity contribution is 9.10. The van der Waals surface area contributed by atoms with Gasteiger partial charge >= 0.3 is 0 Å². The van der Waals surface area contributed by atoms with E-state index in [1.54, 1.807) is 0 Å². The summed E-state index contributed by atoms with van der Waals surface area (Å²) in [5, 5.41) is 3.46. The molecule has 0 aromatic heterocycles. The summed E-state index contributed by atoms with van der Waals surface area (Å²) < 4.78 is 1.25. The van der Waals surface area contributed by atoms with Crippen LogP contribution in [0.1, 0.15) is 30.9 Å². The third-order valence-electron chi connectivity index (χ3n) is 4.08.